The second-order valence-corrected chi connectivity index (χ2v) is 4.62. The van der Waals surface area contributed by atoms with Crippen molar-refractivity contribution in [1.82, 2.24) is 9.97 Å². The van der Waals surface area contributed by atoms with Crippen molar-refractivity contribution in [3.8, 4) is 21.8 Å². The van der Waals surface area contributed by atoms with Crippen LogP contribution in [-0.4, -0.2) is 9.97 Å². The third-order valence-electron chi connectivity index (χ3n) is 2.53. The predicted molar refractivity (Wildman–Crippen MR) is 71.7 cm³/mol. The number of rotatable bonds is 2. The molecule has 0 bridgehead atoms. The summed E-state index contributed by atoms with van der Waals surface area (Å²) in [6.07, 6.45) is 3.84. The summed E-state index contributed by atoms with van der Waals surface area (Å²) in [5, 5.41) is 3.05. The average molecular weight is 241 g/mol. The molecule has 0 aliphatic carbocycles. The van der Waals surface area contributed by atoms with Crippen LogP contribution in [0, 0.1) is 0 Å². The molecule has 0 atom stereocenters. The van der Waals surface area contributed by atoms with Gasteiger partial charge in [0, 0.05) is 34.6 Å². The van der Waals surface area contributed by atoms with Crippen LogP contribution in [0.15, 0.2) is 48.1 Å². The zero-order valence-corrected chi connectivity index (χ0v) is 9.87. The Morgan fingerprint density at radius 1 is 1.18 bits per heavy atom. The molecule has 0 fully saturated rings. The van der Waals surface area contributed by atoms with E-state index in [4.69, 9.17) is 5.73 Å². The third-order valence-corrected chi connectivity index (χ3v) is 3.42. The van der Waals surface area contributed by atoms with Gasteiger partial charge >= 0.3 is 0 Å². The molecular formula is C13H11N3S. The molecule has 84 valence electrons. The van der Waals surface area contributed by atoms with E-state index in [1.165, 1.54) is 0 Å². The number of hydrogen-bond acceptors (Lipinski definition) is 3. The van der Waals surface area contributed by atoms with Crippen LogP contribution in [0.2, 0.25) is 0 Å². The Labute approximate surface area is 103 Å². The second-order valence-electron chi connectivity index (χ2n) is 3.76. The first-order chi connectivity index (χ1) is 8.33. The Bertz CT molecular complexity index is 626. The first kappa shape index (κ1) is 10.1. The number of aromatic nitrogens is 2. The fraction of sp³-hybridized carbons (Fsp3) is 0. The molecule has 0 unspecified atom stereocenters. The number of H-pyrrole nitrogens is 1. The lowest BCUT2D eigenvalue weighted by Gasteiger charge is -1.97. The fourth-order valence-corrected chi connectivity index (χ4v) is 2.52. The quantitative estimate of drug-likeness (QED) is 0.676. The van der Waals surface area contributed by atoms with Gasteiger partial charge in [0.15, 0.2) is 0 Å². The minimum Gasteiger partial charge on any atom is -0.399 e. The zero-order chi connectivity index (χ0) is 11.7. The van der Waals surface area contributed by atoms with Crippen molar-refractivity contribution in [3.63, 3.8) is 0 Å². The number of benzene rings is 1. The predicted octanol–water partition coefficient (Wildman–Crippen LogP) is 3.39. The van der Waals surface area contributed by atoms with E-state index >= 15 is 0 Å². The molecule has 0 aliphatic rings. The standard InChI is InChI=1S/C13H11N3S/c14-11-3-1-2-9(6-11)13-16-12(8-17-13)10-4-5-15-7-10/h1-8,15H,14H2. The minimum absolute atomic E-state index is 0.765. The van der Waals surface area contributed by atoms with E-state index in [1.807, 2.05) is 42.7 Å². The highest BCUT2D eigenvalue weighted by Gasteiger charge is 2.06. The van der Waals surface area contributed by atoms with Crippen LogP contribution >= 0.6 is 11.3 Å². The Morgan fingerprint density at radius 2 is 2.12 bits per heavy atom. The summed E-state index contributed by atoms with van der Waals surface area (Å²) in [4.78, 5) is 7.64. The molecule has 3 N–H and O–H groups in total. The highest BCUT2D eigenvalue weighted by molar-refractivity contribution is 7.13. The molecule has 0 saturated carbocycles. The van der Waals surface area contributed by atoms with E-state index in [-0.39, 0.29) is 0 Å². The Kier molecular flexibility index (Phi) is 2.42. The largest absolute Gasteiger partial charge is 0.399 e. The van der Waals surface area contributed by atoms with E-state index in [0.717, 1.165) is 27.5 Å². The molecule has 4 heteroatoms. The van der Waals surface area contributed by atoms with Crippen molar-refractivity contribution < 1.29 is 0 Å². The number of thiazole rings is 1. The monoisotopic (exact) mass is 241 g/mol. The van der Waals surface area contributed by atoms with Crippen LogP contribution in [0.5, 0.6) is 0 Å². The summed E-state index contributed by atoms with van der Waals surface area (Å²) in [5.41, 5.74) is 9.70. The van der Waals surface area contributed by atoms with Gasteiger partial charge in [-0.05, 0) is 18.2 Å². The van der Waals surface area contributed by atoms with Crippen LogP contribution in [0.25, 0.3) is 21.8 Å². The van der Waals surface area contributed by atoms with Gasteiger partial charge in [-0.2, -0.15) is 0 Å². The van der Waals surface area contributed by atoms with Gasteiger partial charge < -0.3 is 10.7 Å². The van der Waals surface area contributed by atoms with Crippen molar-refractivity contribution in [2.45, 2.75) is 0 Å². The lowest BCUT2D eigenvalue weighted by atomic mass is 10.2. The van der Waals surface area contributed by atoms with E-state index in [0.29, 0.717) is 0 Å². The first-order valence-electron chi connectivity index (χ1n) is 5.27. The van der Waals surface area contributed by atoms with Gasteiger partial charge in [-0.1, -0.05) is 12.1 Å². The maximum absolute atomic E-state index is 5.77. The van der Waals surface area contributed by atoms with Crippen LogP contribution < -0.4 is 5.73 Å². The summed E-state index contributed by atoms with van der Waals surface area (Å²) >= 11 is 1.63. The molecular weight excluding hydrogens is 230 g/mol. The first-order valence-corrected chi connectivity index (χ1v) is 6.15. The number of nitrogens with two attached hydrogens (primary N) is 1. The average Bonchev–Trinajstić information content (AvgIpc) is 3.00. The van der Waals surface area contributed by atoms with Gasteiger partial charge in [-0.15, -0.1) is 11.3 Å². The molecule has 0 radical (unpaired) electrons. The lowest BCUT2D eigenvalue weighted by molar-refractivity contribution is 1.38. The highest BCUT2D eigenvalue weighted by Crippen LogP contribution is 2.29. The summed E-state index contributed by atoms with van der Waals surface area (Å²) < 4.78 is 0. The number of nitrogens with one attached hydrogen (secondary N) is 1. The molecule has 3 rings (SSSR count). The number of aromatic amines is 1. The number of anilines is 1. The van der Waals surface area contributed by atoms with Crippen molar-refractivity contribution in [2.24, 2.45) is 0 Å². The normalized spacial score (nSPS) is 10.6. The summed E-state index contributed by atoms with van der Waals surface area (Å²) in [6, 6.07) is 9.81. The van der Waals surface area contributed by atoms with Crippen molar-refractivity contribution in [2.75, 3.05) is 5.73 Å². The van der Waals surface area contributed by atoms with E-state index in [2.05, 4.69) is 15.3 Å². The minimum atomic E-state index is 0.765. The van der Waals surface area contributed by atoms with Crippen LogP contribution in [0.1, 0.15) is 0 Å². The number of hydrogen-bond donors (Lipinski definition) is 2. The maximum Gasteiger partial charge on any atom is 0.124 e. The molecule has 17 heavy (non-hydrogen) atoms. The molecule has 0 amide bonds. The summed E-state index contributed by atoms with van der Waals surface area (Å²) in [6.45, 7) is 0. The Hall–Kier alpha value is -2.07. The van der Waals surface area contributed by atoms with Gasteiger partial charge in [-0.25, -0.2) is 4.98 Å². The highest BCUT2D eigenvalue weighted by atomic mass is 32.1. The molecule has 0 aliphatic heterocycles. The van der Waals surface area contributed by atoms with Crippen LogP contribution in [0.3, 0.4) is 0 Å². The molecule has 0 spiro atoms. The Balaban J connectivity index is 2.01. The van der Waals surface area contributed by atoms with Crippen molar-refractivity contribution >= 4 is 17.0 Å². The Morgan fingerprint density at radius 3 is 2.88 bits per heavy atom. The van der Waals surface area contributed by atoms with Gasteiger partial charge in [0.1, 0.15) is 5.01 Å². The summed E-state index contributed by atoms with van der Waals surface area (Å²) in [7, 11) is 0. The molecule has 0 saturated heterocycles. The van der Waals surface area contributed by atoms with Crippen molar-refractivity contribution in [1.29, 1.82) is 0 Å². The molecule has 3 nitrogen and oxygen atoms in total. The fourth-order valence-electron chi connectivity index (χ4n) is 1.69. The van der Waals surface area contributed by atoms with E-state index < -0.39 is 0 Å². The molecule has 3 aromatic rings. The second kappa shape index (κ2) is 4.07. The van der Waals surface area contributed by atoms with E-state index in [1.54, 1.807) is 11.3 Å². The summed E-state index contributed by atoms with van der Waals surface area (Å²) in [5.74, 6) is 0. The molecule has 1 aromatic carbocycles. The topological polar surface area (TPSA) is 54.7 Å². The third kappa shape index (κ3) is 1.94. The van der Waals surface area contributed by atoms with Gasteiger partial charge in [0.25, 0.3) is 0 Å². The maximum atomic E-state index is 5.77. The lowest BCUT2D eigenvalue weighted by Crippen LogP contribution is -1.84. The van der Waals surface area contributed by atoms with Crippen LogP contribution in [-0.2, 0) is 0 Å². The van der Waals surface area contributed by atoms with Gasteiger partial charge in [0.2, 0.25) is 0 Å². The van der Waals surface area contributed by atoms with Crippen molar-refractivity contribution in [3.05, 3.63) is 48.1 Å². The van der Waals surface area contributed by atoms with Gasteiger partial charge in [0.05, 0.1) is 5.69 Å². The van der Waals surface area contributed by atoms with Crippen LogP contribution in [0.4, 0.5) is 5.69 Å². The molecule has 2 heterocycles. The molecule has 2 aromatic heterocycles. The van der Waals surface area contributed by atoms with E-state index in [9.17, 15) is 0 Å². The number of nitrogens with zero attached hydrogens (tertiary/aromatic N) is 1. The SMILES string of the molecule is Nc1cccc(-c2nc(-c3cc[nH]c3)cs2)c1. The smallest absolute Gasteiger partial charge is 0.124 e. The van der Waals surface area contributed by atoms with Gasteiger partial charge in [-0.3, -0.25) is 0 Å². The zero-order valence-electron chi connectivity index (χ0n) is 9.05. The number of nitrogen functional groups attached to an aromatic ring is 1.